The standard InChI is InChI=1S/C23H26N4O2/c1-29-20-11-5-9-19(17-20)14-16-24-22-13-12-21(26-27-22)23(28)25-15-6-10-18-7-3-2-4-8-18/h2-5,7-9,11-13,17H,6,10,14-16H2,1H3,(H,24,27)(H,25,28). The summed E-state index contributed by atoms with van der Waals surface area (Å²) in [4.78, 5) is 12.2. The quantitative estimate of drug-likeness (QED) is 0.518. The van der Waals surface area contributed by atoms with Gasteiger partial charge in [-0.3, -0.25) is 4.79 Å². The van der Waals surface area contributed by atoms with Crippen LogP contribution in [0.4, 0.5) is 5.82 Å². The molecule has 1 heterocycles. The minimum atomic E-state index is -0.200. The van der Waals surface area contributed by atoms with Crippen LogP contribution < -0.4 is 15.4 Å². The average Bonchev–Trinajstić information content (AvgIpc) is 2.78. The highest BCUT2D eigenvalue weighted by Gasteiger charge is 2.07. The Morgan fingerprint density at radius 2 is 1.72 bits per heavy atom. The summed E-state index contributed by atoms with van der Waals surface area (Å²) in [5, 5.41) is 14.2. The first-order chi connectivity index (χ1) is 14.2. The molecule has 2 aromatic carbocycles. The number of hydrogen-bond acceptors (Lipinski definition) is 5. The molecular formula is C23H26N4O2. The van der Waals surface area contributed by atoms with Crippen molar-refractivity contribution in [2.45, 2.75) is 19.3 Å². The Labute approximate surface area is 171 Å². The van der Waals surface area contributed by atoms with Gasteiger partial charge in [0.05, 0.1) is 7.11 Å². The molecule has 150 valence electrons. The fourth-order valence-corrected chi connectivity index (χ4v) is 2.94. The zero-order chi connectivity index (χ0) is 20.3. The number of nitrogens with zero attached hydrogens (tertiary/aromatic N) is 2. The average molecular weight is 390 g/mol. The topological polar surface area (TPSA) is 76.1 Å². The van der Waals surface area contributed by atoms with Gasteiger partial charge < -0.3 is 15.4 Å². The molecule has 0 aliphatic heterocycles. The maximum atomic E-state index is 12.2. The monoisotopic (exact) mass is 390 g/mol. The molecule has 1 aromatic heterocycles. The lowest BCUT2D eigenvalue weighted by Gasteiger charge is -2.08. The van der Waals surface area contributed by atoms with Gasteiger partial charge in [0.1, 0.15) is 11.6 Å². The molecule has 0 unspecified atom stereocenters. The molecule has 0 spiro atoms. The second-order valence-corrected chi connectivity index (χ2v) is 6.68. The smallest absolute Gasteiger partial charge is 0.271 e. The van der Waals surface area contributed by atoms with E-state index in [9.17, 15) is 4.79 Å². The highest BCUT2D eigenvalue weighted by molar-refractivity contribution is 5.92. The van der Waals surface area contributed by atoms with Gasteiger partial charge in [0.25, 0.3) is 5.91 Å². The van der Waals surface area contributed by atoms with Crippen LogP contribution in [0.25, 0.3) is 0 Å². The molecule has 6 heteroatoms. The molecule has 3 aromatic rings. The third kappa shape index (κ3) is 6.60. The minimum Gasteiger partial charge on any atom is -0.497 e. The van der Waals surface area contributed by atoms with Gasteiger partial charge in [-0.05, 0) is 54.7 Å². The third-order valence-electron chi connectivity index (χ3n) is 4.52. The Hall–Kier alpha value is -3.41. The lowest BCUT2D eigenvalue weighted by Crippen LogP contribution is -2.26. The number of nitrogens with one attached hydrogen (secondary N) is 2. The van der Waals surface area contributed by atoms with Crippen molar-refractivity contribution in [1.29, 1.82) is 0 Å². The molecule has 0 aliphatic rings. The van der Waals surface area contributed by atoms with Crippen molar-refractivity contribution in [2.75, 3.05) is 25.5 Å². The van der Waals surface area contributed by atoms with Crippen molar-refractivity contribution < 1.29 is 9.53 Å². The van der Waals surface area contributed by atoms with E-state index in [1.165, 1.54) is 11.1 Å². The van der Waals surface area contributed by atoms with Crippen molar-refractivity contribution >= 4 is 11.7 Å². The molecule has 29 heavy (non-hydrogen) atoms. The fourth-order valence-electron chi connectivity index (χ4n) is 2.94. The van der Waals surface area contributed by atoms with Crippen LogP contribution in [0, 0.1) is 0 Å². The van der Waals surface area contributed by atoms with Gasteiger partial charge in [0.2, 0.25) is 0 Å². The lowest BCUT2D eigenvalue weighted by molar-refractivity contribution is 0.0947. The molecule has 0 atom stereocenters. The maximum Gasteiger partial charge on any atom is 0.271 e. The second kappa shape index (κ2) is 10.8. The third-order valence-corrected chi connectivity index (χ3v) is 4.52. The molecule has 2 N–H and O–H groups in total. The first-order valence-electron chi connectivity index (χ1n) is 9.77. The van der Waals surface area contributed by atoms with Crippen molar-refractivity contribution in [3.63, 3.8) is 0 Å². The van der Waals surface area contributed by atoms with Crippen molar-refractivity contribution in [3.05, 3.63) is 83.6 Å². The molecule has 0 fully saturated rings. The van der Waals surface area contributed by atoms with E-state index in [1.54, 1.807) is 19.2 Å². The Balaban J connectivity index is 1.39. The zero-order valence-electron chi connectivity index (χ0n) is 16.6. The summed E-state index contributed by atoms with van der Waals surface area (Å²) >= 11 is 0. The van der Waals surface area contributed by atoms with E-state index in [0.29, 0.717) is 24.6 Å². The summed E-state index contributed by atoms with van der Waals surface area (Å²) in [6.45, 7) is 1.32. The Morgan fingerprint density at radius 3 is 2.48 bits per heavy atom. The predicted molar refractivity (Wildman–Crippen MR) is 114 cm³/mol. The highest BCUT2D eigenvalue weighted by atomic mass is 16.5. The first kappa shape index (κ1) is 20.3. The molecule has 0 saturated carbocycles. The number of amides is 1. The van der Waals surface area contributed by atoms with Crippen molar-refractivity contribution in [3.8, 4) is 5.75 Å². The van der Waals surface area contributed by atoms with Crippen molar-refractivity contribution in [1.82, 2.24) is 15.5 Å². The van der Waals surface area contributed by atoms with E-state index in [-0.39, 0.29) is 5.91 Å². The molecule has 0 radical (unpaired) electrons. The van der Waals surface area contributed by atoms with E-state index in [4.69, 9.17) is 4.74 Å². The number of rotatable bonds is 10. The van der Waals surface area contributed by atoms with Gasteiger partial charge in [-0.15, -0.1) is 10.2 Å². The summed E-state index contributed by atoms with van der Waals surface area (Å²) in [6, 6.07) is 21.7. The summed E-state index contributed by atoms with van der Waals surface area (Å²) in [5.74, 6) is 1.29. The van der Waals surface area contributed by atoms with Crippen LogP contribution in [0.3, 0.4) is 0 Å². The number of anilines is 1. The van der Waals surface area contributed by atoms with E-state index in [0.717, 1.165) is 25.0 Å². The van der Waals surface area contributed by atoms with Crippen LogP contribution in [0.15, 0.2) is 66.7 Å². The number of ether oxygens (including phenoxy) is 1. The number of benzene rings is 2. The molecule has 6 nitrogen and oxygen atoms in total. The van der Waals surface area contributed by atoms with E-state index < -0.39 is 0 Å². The second-order valence-electron chi connectivity index (χ2n) is 6.68. The largest absolute Gasteiger partial charge is 0.497 e. The first-order valence-corrected chi connectivity index (χ1v) is 9.77. The van der Waals surface area contributed by atoms with Crippen LogP contribution >= 0.6 is 0 Å². The summed E-state index contributed by atoms with van der Waals surface area (Å²) in [5.41, 5.74) is 2.77. The van der Waals surface area contributed by atoms with Gasteiger partial charge in [-0.2, -0.15) is 0 Å². The van der Waals surface area contributed by atoms with E-state index in [2.05, 4.69) is 39.0 Å². The normalized spacial score (nSPS) is 10.4. The molecule has 1 amide bonds. The van der Waals surface area contributed by atoms with Gasteiger partial charge >= 0.3 is 0 Å². The van der Waals surface area contributed by atoms with Crippen LogP contribution in [-0.4, -0.2) is 36.3 Å². The van der Waals surface area contributed by atoms with Gasteiger partial charge in [0, 0.05) is 13.1 Å². The highest BCUT2D eigenvalue weighted by Crippen LogP contribution is 2.13. The Bertz CT molecular complexity index is 898. The predicted octanol–water partition coefficient (Wildman–Crippen LogP) is 3.50. The zero-order valence-corrected chi connectivity index (χ0v) is 16.6. The van der Waals surface area contributed by atoms with Crippen LogP contribution in [-0.2, 0) is 12.8 Å². The summed E-state index contributed by atoms with van der Waals surface area (Å²) in [7, 11) is 1.66. The van der Waals surface area contributed by atoms with Gasteiger partial charge in [-0.1, -0.05) is 42.5 Å². The molecule has 3 rings (SSSR count). The lowest BCUT2D eigenvalue weighted by atomic mass is 10.1. The SMILES string of the molecule is COc1cccc(CCNc2ccc(C(=O)NCCCc3ccccc3)nn2)c1. The van der Waals surface area contributed by atoms with E-state index >= 15 is 0 Å². The Morgan fingerprint density at radius 1 is 0.897 bits per heavy atom. The molecular weight excluding hydrogens is 364 g/mol. The van der Waals surface area contributed by atoms with Crippen LogP contribution in [0.5, 0.6) is 5.75 Å². The van der Waals surface area contributed by atoms with Crippen LogP contribution in [0.2, 0.25) is 0 Å². The molecule has 0 bridgehead atoms. The molecule has 0 aliphatic carbocycles. The number of aryl methyl sites for hydroxylation is 1. The Kier molecular flexibility index (Phi) is 7.57. The van der Waals surface area contributed by atoms with E-state index in [1.807, 2.05) is 36.4 Å². The number of methoxy groups -OCH3 is 1. The summed E-state index contributed by atoms with van der Waals surface area (Å²) in [6.07, 6.45) is 2.65. The minimum absolute atomic E-state index is 0.200. The van der Waals surface area contributed by atoms with Crippen molar-refractivity contribution in [2.24, 2.45) is 0 Å². The van der Waals surface area contributed by atoms with Gasteiger partial charge in [-0.25, -0.2) is 0 Å². The number of aromatic nitrogens is 2. The fraction of sp³-hybridized carbons (Fsp3) is 0.261. The van der Waals surface area contributed by atoms with Crippen LogP contribution in [0.1, 0.15) is 28.0 Å². The number of carbonyl (C=O) groups excluding carboxylic acids is 1. The molecule has 0 saturated heterocycles. The summed E-state index contributed by atoms with van der Waals surface area (Å²) < 4.78 is 5.23. The number of carbonyl (C=O) groups is 1. The number of hydrogen-bond donors (Lipinski definition) is 2. The maximum absolute atomic E-state index is 12.2. The van der Waals surface area contributed by atoms with Gasteiger partial charge in [0.15, 0.2) is 5.69 Å².